The van der Waals surface area contributed by atoms with E-state index in [9.17, 15) is 0 Å². The van der Waals surface area contributed by atoms with E-state index in [-0.39, 0.29) is 6.61 Å². The quantitative estimate of drug-likeness (QED) is 0.924. The lowest BCUT2D eigenvalue weighted by Gasteiger charge is -2.10. The van der Waals surface area contributed by atoms with Gasteiger partial charge in [0.2, 0.25) is 0 Å². The van der Waals surface area contributed by atoms with E-state index in [1.54, 1.807) is 30.3 Å². The summed E-state index contributed by atoms with van der Waals surface area (Å²) in [5.41, 5.74) is 6.26. The van der Waals surface area contributed by atoms with Crippen LogP contribution in [0.2, 0.25) is 15.1 Å². The van der Waals surface area contributed by atoms with E-state index in [0.717, 1.165) is 0 Å². The Morgan fingerprint density at radius 3 is 2.39 bits per heavy atom. The summed E-state index contributed by atoms with van der Waals surface area (Å²) in [4.78, 5) is 4.11. The minimum Gasteiger partial charge on any atom is -0.484 e. The Kier molecular flexibility index (Phi) is 4.17. The molecule has 0 aliphatic heterocycles. The number of aromatic nitrogens is 1. The average Bonchev–Trinajstić information content (AvgIpc) is 2.27. The molecule has 94 valence electrons. The molecule has 0 aliphatic rings. The number of halogens is 3. The molecular weight excluding hydrogens is 295 g/mol. The summed E-state index contributed by atoms with van der Waals surface area (Å²) in [6, 6.07) is 8.43. The van der Waals surface area contributed by atoms with Crippen LogP contribution in [-0.4, -0.2) is 4.98 Å². The van der Waals surface area contributed by atoms with E-state index < -0.39 is 0 Å². The smallest absolute Gasteiger partial charge is 0.157 e. The molecule has 1 heterocycles. The second kappa shape index (κ2) is 5.65. The zero-order valence-corrected chi connectivity index (χ0v) is 11.4. The fraction of sp³-hybridized carbons (Fsp3) is 0.0833. The van der Waals surface area contributed by atoms with E-state index in [1.807, 2.05) is 0 Å². The first-order valence-corrected chi connectivity index (χ1v) is 6.18. The van der Waals surface area contributed by atoms with Gasteiger partial charge in [-0.15, -0.1) is 0 Å². The lowest BCUT2D eigenvalue weighted by Crippen LogP contribution is -2.01. The van der Waals surface area contributed by atoms with Gasteiger partial charge in [-0.05, 0) is 24.3 Å². The molecule has 0 amide bonds. The van der Waals surface area contributed by atoms with Crippen molar-refractivity contribution in [2.24, 2.45) is 0 Å². The second-order valence-corrected chi connectivity index (χ2v) is 4.79. The van der Waals surface area contributed by atoms with Crippen LogP contribution in [0.15, 0.2) is 30.3 Å². The number of ether oxygens (including phenoxy) is 1. The molecule has 0 atom stereocenters. The van der Waals surface area contributed by atoms with Gasteiger partial charge in [0.15, 0.2) is 5.75 Å². The second-order valence-electron chi connectivity index (χ2n) is 3.54. The van der Waals surface area contributed by atoms with Gasteiger partial charge >= 0.3 is 0 Å². The molecule has 0 saturated heterocycles. The predicted octanol–water partition coefficient (Wildman–Crippen LogP) is 4.20. The number of nitrogens with two attached hydrogens (primary N) is 1. The van der Waals surface area contributed by atoms with Gasteiger partial charge in [-0.25, -0.2) is 4.98 Å². The molecular formula is C12H9Cl3N2O. The average molecular weight is 304 g/mol. The third-order valence-electron chi connectivity index (χ3n) is 2.16. The fourth-order valence-corrected chi connectivity index (χ4v) is 2.32. The Balaban J connectivity index is 2.16. The highest BCUT2D eigenvalue weighted by molar-refractivity contribution is 6.40. The molecule has 0 fully saturated rings. The number of nitrogen functional groups attached to an aromatic ring is 1. The molecule has 2 rings (SSSR count). The first-order valence-electron chi connectivity index (χ1n) is 5.05. The number of anilines is 1. The molecule has 1 aromatic heterocycles. The first-order chi connectivity index (χ1) is 8.56. The molecule has 18 heavy (non-hydrogen) atoms. The number of rotatable bonds is 3. The minimum absolute atomic E-state index is 0.228. The van der Waals surface area contributed by atoms with Crippen LogP contribution in [0.1, 0.15) is 5.69 Å². The highest BCUT2D eigenvalue weighted by atomic mass is 35.5. The largest absolute Gasteiger partial charge is 0.484 e. The van der Waals surface area contributed by atoms with Gasteiger partial charge in [-0.2, -0.15) is 0 Å². The van der Waals surface area contributed by atoms with Gasteiger partial charge in [0.05, 0.1) is 15.7 Å². The molecule has 6 heteroatoms. The van der Waals surface area contributed by atoms with Crippen LogP contribution < -0.4 is 10.5 Å². The standard InChI is InChI=1S/C12H9Cl3N2O/c13-7-4-9(14)12(10(15)5-7)18-6-8-2-1-3-11(16)17-8/h1-5H,6H2,(H2,16,17). The highest BCUT2D eigenvalue weighted by Crippen LogP contribution is 2.36. The van der Waals surface area contributed by atoms with Crippen LogP contribution in [0.4, 0.5) is 5.82 Å². The molecule has 1 aromatic carbocycles. The molecule has 0 aliphatic carbocycles. The van der Waals surface area contributed by atoms with E-state index in [0.29, 0.717) is 32.3 Å². The Morgan fingerprint density at radius 2 is 1.78 bits per heavy atom. The van der Waals surface area contributed by atoms with Crippen LogP contribution >= 0.6 is 34.8 Å². The fourth-order valence-electron chi connectivity index (χ4n) is 1.39. The van der Waals surface area contributed by atoms with Crippen molar-refractivity contribution in [1.29, 1.82) is 0 Å². The topological polar surface area (TPSA) is 48.1 Å². The summed E-state index contributed by atoms with van der Waals surface area (Å²) in [6.45, 7) is 0.228. The van der Waals surface area contributed by atoms with Crippen molar-refractivity contribution in [2.45, 2.75) is 6.61 Å². The summed E-state index contributed by atoms with van der Waals surface area (Å²) < 4.78 is 5.52. The van der Waals surface area contributed by atoms with Crippen molar-refractivity contribution >= 4 is 40.6 Å². The lowest BCUT2D eigenvalue weighted by molar-refractivity contribution is 0.302. The summed E-state index contributed by atoms with van der Waals surface area (Å²) in [5.74, 6) is 0.816. The summed E-state index contributed by atoms with van der Waals surface area (Å²) in [6.07, 6.45) is 0. The number of nitrogens with zero attached hydrogens (tertiary/aromatic N) is 1. The van der Waals surface area contributed by atoms with Crippen molar-refractivity contribution in [3.63, 3.8) is 0 Å². The van der Waals surface area contributed by atoms with Crippen molar-refractivity contribution < 1.29 is 4.74 Å². The Hall–Kier alpha value is -1.16. The third kappa shape index (κ3) is 3.19. The van der Waals surface area contributed by atoms with Gasteiger partial charge < -0.3 is 10.5 Å². The number of hydrogen-bond acceptors (Lipinski definition) is 3. The normalized spacial score (nSPS) is 10.4. The molecule has 3 nitrogen and oxygen atoms in total. The predicted molar refractivity (Wildman–Crippen MR) is 74.5 cm³/mol. The van der Waals surface area contributed by atoms with E-state index >= 15 is 0 Å². The third-order valence-corrected chi connectivity index (χ3v) is 2.94. The molecule has 0 radical (unpaired) electrons. The van der Waals surface area contributed by atoms with Gasteiger partial charge in [0.25, 0.3) is 0 Å². The maximum atomic E-state index is 5.99. The summed E-state index contributed by atoms with van der Waals surface area (Å²) >= 11 is 17.8. The van der Waals surface area contributed by atoms with Gasteiger partial charge in [0, 0.05) is 5.02 Å². The number of hydrogen-bond donors (Lipinski definition) is 1. The van der Waals surface area contributed by atoms with Gasteiger partial charge in [-0.1, -0.05) is 40.9 Å². The Bertz CT molecular complexity index is 552. The zero-order chi connectivity index (χ0) is 13.1. The van der Waals surface area contributed by atoms with Crippen LogP contribution in [0, 0.1) is 0 Å². The Labute approximate surface area is 119 Å². The zero-order valence-electron chi connectivity index (χ0n) is 9.16. The maximum Gasteiger partial charge on any atom is 0.157 e. The molecule has 2 N–H and O–H groups in total. The van der Waals surface area contributed by atoms with E-state index in [2.05, 4.69) is 4.98 Å². The summed E-state index contributed by atoms with van der Waals surface area (Å²) in [7, 11) is 0. The van der Waals surface area contributed by atoms with Crippen LogP contribution in [0.5, 0.6) is 5.75 Å². The number of pyridine rings is 1. The minimum atomic E-state index is 0.228. The maximum absolute atomic E-state index is 5.99. The first kappa shape index (κ1) is 13.3. The SMILES string of the molecule is Nc1cccc(COc2c(Cl)cc(Cl)cc2Cl)n1. The van der Waals surface area contributed by atoms with Crippen molar-refractivity contribution in [2.75, 3.05) is 5.73 Å². The van der Waals surface area contributed by atoms with Gasteiger partial charge in [0.1, 0.15) is 12.4 Å². The van der Waals surface area contributed by atoms with Gasteiger partial charge in [-0.3, -0.25) is 0 Å². The lowest BCUT2D eigenvalue weighted by atomic mass is 10.3. The number of benzene rings is 1. The van der Waals surface area contributed by atoms with Crippen LogP contribution in [0.3, 0.4) is 0 Å². The molecule has 0 bridgehead atoms. The van der Waals surface area contributed by atoms with Crippen molar-refractivity contribution in [3.8, 4) is 5.75 Å². The van der Waals surface area contributed by atoms with Crippen molar-refractivity contribution in [1.82, 2.24) is 4.98 Å². The Morgan fingerprint density at radius 1 is 1.11 bits per heavy atom. The van der Waals surface area contributed by atoms with Crippen LogP contribution in [0.25, 0.3) is 0 Å². The monoisotopic (exact) mass is 302 g/mol. The molecule has 2 aromatic rings. The summed E-state index contributed by atoms with van der Waals surface area (Å²) in [5, 5.41) is 1.17. The highest BCUT2D eigenvalue weighted by Gasteiger charge is 2.09. The molecule has 0 spiro atoms. The molecule has 0 saturated carbocycles. The van der Waals surface area contributed by atoms with E-state index in [1.165, 1.54) is 0 Å². The van der Waals surface area contributed by atoms with Crippen LogP contribution in [-0.2, 0) is 6.61 Å². The molecule has 0 unspecified atom stereocenters. The van der Waals surface area contributed by atoms with E-state index in [4.69, 9.17) is 45.3 Å². The van der Waals surface area contributed by atoms with Crippen molar-refractivity contribution in [3.05, 3.63) is 51.1 Å².